The van der Waals surface area contributed by atoms with Gasteiger partial charge in [-0.3, -0.25) is 5.41 Å². The second-order valence-electron chi connectivity index (χ2n) is 7.46. The fourth-order valence-electron chi connectivity index (χ4n) is 4.76. The van der Waals surface area contributed by atoms with Crippen LogP contribution in [0.25, 0.3) is 11.2 Å². The van der Waals surface area contributed by atoms with Crippen molar-refractivity contribution in [3.63, 3.8) is 0 Å². The highest BCUT2D eigenvalue weighted by Gasteiger charge is 2.68. The molecule has 2 aliphatic rings. The van der Waals surface area contributed by atoms with Crippen molar-refractivity contribution in [1.82, 2.24) is 14.5 Å². The second-order valence-corrected chi connectivity index (χ2v) is 7.85. The molecule has 2 aromatic rings. The molecule has 2 heterocycles. The van der Waals surface area contributed by atoms with Crippen LogP contribution >= 0.6 is 11.6 Å². The minimum atomic E-state index is -2.55. The van der Waals surface area contributed by atoms with Crippen molar-refractivity contribution < 1.29 is 23.7 Å². The molecule has 0 radical (unpaired) electrons. The Morgan fingerprint density at radius 1 is 1.52 bits per heavy atom. The highest BCUT2D eigenvalue weighted by atomic mass is 35.5. The van der Waals surface area contributed by atoms with Crippen molar-refractivity contribution in [2.45, 2.75) is 44.4 Å². The predicted molar refractivity (Wildman–Crippen MR) is 103 cm³/mol. The summed E-state index contributed by atoms with van der Waals surface area (Å²) in [6.45, 7) is 1.49. The van der Waals surface area contributed by atoms with Crippen LogP contribution in [0.5, 0.6) is 0 Å². The van der Waals surface area contributed by atoms with Crippen LogP contribution < -0.4 is 5.32 Å². The fourth-order valence-corrected chi connectivity index (χ4v) is 4.95. The van der Waals surface area contributed by atoms with Gasteiger partial charge in [-0.2, -0.15) is 0 Å². The van der Waals surface area contributed by atoms with E-state index in [1.54, 1.807) is 11.5 Å². The smallest absolute Gasteiger partial charge is 0.255 e. The third kappa shape index (κ3) is 2.96. The molecule has 0 saturated heterocycles. The Hall–Kier alpha value is -2.04. The Balaban J connectivity index is 1.75. The molecule has 11 heteroatoms. The van der Waals surface area contributed by atoms with Gasteiger partial charge in [-0.1, -0.05) is 11.6 Å². The number of imidazole rings is 1. The number of nitrogens with zero attached hydrogens (tertiary/aromatic N) is 3. The van der Waals surface area contributed by atoms with E-state index in [9.17, 15) is 19.0 Å². The van der Waals surface area contributed by atoms with Crippen molar-refractivity contribution in [1.29, 1.82) is 5.41 Å². The van der Waals surface area contributed by atoms with Crippen LogP contribution in [0.15, 0.2) is 12.4 Å². The Morgan fingerprint density at radius 3 is 2.90 bits per heavy atom. The lowest BCUT2D eigenvalue weighted by molar-refractivity contribution is -0.0382. The third-order valence-corrected chi connectivity index (χ3v) is 6.32. The summed E-state index contributed by atoms with van der Waals surface area (Å²) in [5.41, 5.74) is 0.0186. The Labute approximate surface area is 170 Å². The van der Waals surface area contributed by atoms with Gasteiger partial charge in [0.25, 0.3) is 6.43 Å². The quantitative estimate of drug-likeness (QED) is 0.318. The highest BCUT2D eigenvalue weighted by molar-refractivity contribution is 6.30. The number of aromatic nitrogens is 3. The van der Waals surface area contributed by atoms with Crippen LogP contribution in [0.4, 0.5) is 14.5 Å². The van der Waals surface area contributed by atoms with Gasteiger partial charge in [0.15, 0.2) is 11.5 Å². The summed E-state index contributed by atoms with van der Waals surface area (Å²) < 4.78 is 32.2. The summed E-state index contributed by atoms with van der Waals surface area (Å²) in [6, 6.07) is 0.820. The van der Waals surface area contributed by atoms with Gasteiger partial charge in [-0.25, -0.2) is 18.7 Å². The molecule has 0 aliphatic heterocycles. The first-order valence-electron chi connectivity index (χ1n) is 9.44. The Bertz CT molecular complexity index is 942. The van der Waals surface area contributed by atoms with E-state index in [0.717, 1.165) is 0 Å². The molecule has 158 valence electrons. The summed E-state index contributed by atoms with van der Waals surface area (Å²) in [4.78, 5) is 8.56. The molecule has 2 saturated carbocycles. The normalized spacial score (nSPS) is 31.0. The van der Waals surface area contributed by atoms with Crippen LogP contribution in [0.3, 0.4) is 0 Å². The van der Waals surface area contributed by atoms with Crippen LogP contribution in [0, 0.1) is 16.7 Å². The number of fused-ring (bicyclic) bond motifs is 2. The van der Waals surface area contributed by atoms with E-state index in [4.69, 9.17) is 21.7 Å². The maximum absolute atomic E-state index is 12.6. The number of ether oxygens (including phenoxy) is 1. The Morgan fingerprint density at radius 2 is 2.28 bits per heavy atom. The topological polar surface area (TPSA) is 116 Å². The molecule has 4 N–H and O–H groups in total. The van der Waals surface area contributed by atoms with Crippen LogP contribution in [0.2, 0.25) is 5.15 Å². The molecule has 8 nitrogen and oxygen atoms in total. The summed E-state index contributed by atoms with van der Waals surface area (Å²) in [5.74, 6) is -0.276. The number of anilines is 1. The fraction of sp³-hybridized carbons (Fsp3) is 0.611. The molecular formula is C18H22ClF2N5O3. The number of halogens is 3. The number of pyridine rings is 1. The van der Waals surface area contributed by atoms with Crippen LogP contribution in [-0.4, -0.2) is 62.4 Å². The summed E-state index contributed by atoms with van der Waals surface area (Å²) in [7, 11) is 0. The zero-order chi connectivity index (χ0) is 20.9. The average Bonchev–Trinajstić information content (AvgIpc) is 3.11. The zero-order valence-corrected chi connectivity index (χ0v) is 16.4. The molecule has 5 atom stereocenters. The van der Waals surface area contributed by atoms with Gasteiger partial charge in [0.1, 0.15) is 16.8 Å². The lowest BCUT2D eigenvalue weighted by atomic mass is 9.60. The molecule has 2 aromatic heterocycles. The van der Waals surface area contributed by atoms with Crippen molar-refractivity contribution in [2.75, 3.05) is 18.5 Å². The maximum Gasteiger partial charge on any atom is 0.255 e. The van der Waals surface area contributed by atoms with Gasteiger partial charge in [0, 0.05) is 6.07 Å². The second kappa shape index (κ2) is 7.33. The molecule has 0 amide bonds. The molecule has 4 rings (SSSR count). The van der Waals surface area contributed by atoms with Gasteiger partial charge in [-0.15, -0.1) is 0 Å². The first kappa shape index (κ1) is 20.2. The van der Waals surface area contributed by atoms with Crippen LogP contribution in [0.1, 0.15) is 25.8 Å². The number of aliphatic hydroxyl groups excluding tert-OH is 2. The molecule has 0 spiro atoms. The van der Waals surface area contributed by atoms with Crippen molar-refractivity contribution >= 4 is 34.3 Å². The minimum Gasteiger partial charge on any atom is -0.481 e. The Kier molecular flexibility index (Phi) is 5.12. The van der Waals surface area contributed by atoms with Gasteiger partial charge >= 0.3 is 0 Å². The van der Waals surface area contributed by atoms with E-state index >= 15 is 0 Å². The number of alkyl halides is 2. The summed E-state index contributed by atoms with van der Waals surface area (Å²) in [5, 5.41) is 32.6. The van der Waals surface area contributed by atoms with Crippen LogP contribution in [-0.2, 0) is 4.74 Å². The largest absolute Gasteiger partial charge is 0.481 e. The third-order valence-electron chi connectivity index (χ3n) is 6.12. The number of hydrogen-bond acceptors (Lipinski definition) is 7. The van der Waals surface area contributed by atoms with E-state index in [-0.39, 0.29) is 17.0 Å². The number of aliphatic hydroxyl groups is 2. The molecule has 2 fully saturated rings. The first-order valence-corrected chi connectivity index (χ1v) is 9.82. The highest BCUT2D eigenvalue weighted by Crippen LogP contribution is 2.62. The van der Waals surface area contributed by atoms with Gasteiger partial charge in [0.2, 0.25) is 0 Å². The van der Waals surface area contributed by atoms with Gasteiger partial charge < -0.3 is 24.8 Å². The molecule has 2 aliphatic carbocycles. The zero-order valence-electron chi connectivity index (χ0n) is 15.6. The van der Waals surface area contributed by atoms with E-state index in [1.807, 2.05) is 0 Å². The van der Waals surface area contributed by atoms with E-state index in [1.165, 1.54) is 12.4 Å². The summed E-state index contributed by atoms with van der Waals surface area (Å²) in [6.07, 6.45) is -2.21. The minimum absolute atomic E-state index is 0.0278. The van der Waals surface area contributed by atoms with E-state index in [0.29, 0.717) is 36.3 Å². The number of rotatable bonds is 6. The van der Waals surface area contributed by atoms with E-state index in [2.05, 4.69) is 15.3 Å². The van der Waals surface area contributed by atoms with Gasteiger partial charge in [0.05, 0.1) is 42.7 Å². The van der Waals surface area contributed by atoms with Gasteiger partial charge in [-0.05, 0) is 25.7 Å². The monoisotopic (exact) mass is 429 g/mol. The standard InChI is InChI=1S/C18H22ClF2N5O3/c1-2-29-17(22)18-4-3-8(18)13(14(27)15(18)28)26-7-24-12-9(23-6-11(20)21)5-10(19)25-16(12)26/h5,7-8,11,13-15,22,27-28H,2-4,6H2,1H3,(H,23,25)/t8-,13-,14+,15+,18+/m1/s1. The molecule has 29 heavy (non-hydrogen) atoms. The number of nitrogens with one attached hydrogen (secondary N) is 2. The van der Waals surface area contributed by atoms with E-state index < -0.39 is 36.6 Å². The summed E-state index contributed by atoms with van der Waals surface area (Å²) >= 11 is 6.09. The predicted octanol–water partition coefficient (Wildman–Crippen LogP) is 2.45. The SMILES string of the molecule is CCOC(=N)[C@@]12CC[C@@H]1[C@@H](n1cnc3c(NCC(F)F)cc(Cl)nc31)[C@H](O)[C@@H]2O. The first-order chi connectivity index (χ1) is 13.8. The molecule has 0 unspecified atom stereocenters. The van der Waals surface area contributed by atoms with Crippen molar-refractivity contribution in [3.05, 3.63) is 17.5 Å². The lowest BCUT2D eigenvalue weighted by Gasteiger charge is -2.47. The molecular weight excluding hydrogens is 408 g/mol. The lowest BCUT2D eigenvalue weighted by Crippen LogP contribution is -2.52. The molecule has 0 aromatic carbocycles. The number of hydrogen-bond donors (Lipinski definition) is 4. The maximum atomic E-state index is 12.6. The van der Waals surface area contributed by atoms with Crippen molar-refractivity contribution in [3.8, 4) is 0 Å². The molecule has 0 bridgehead atoms. The average molecular weight is 430 g/mol. The van der Waals surface area contributed by atoms with Crippen molar-refractivity contribution in [2.24, 2.45) is 11.3 Å².